The summed E-state index contributed by atoms with van der Waals surface area (Å²) in [6.07, 6.45) is 1.76. The number of hydrogen-bond donors (Lipinski definition) is 2. The zero-order valence-corrected chi connectivity index (χ0v) is 10.9. The third kappa shape index (κ3) is 7.46. The van der Waals surface area contributed by atoms with Crippen molar-refractivity contribution in [3.63, 3.8) is 0 Å². The van der Waals surface area contributed by atoms with Gasteiger partial charge in [-0.25, -0.2) is 0 Å². The third-order valence-electron chi connectivity index (χ3n) is 2.75. The molecule has 0 aromatic rings. The monoisotopic (exact) mass is 276 g/mol. The van der Waals surface area contributed by atoms with Crippen LogP contribution < -0.4 is 0 Å². The second kappa shape index (κ2) is 11.2. The molecule has 0 radical (unpaired) electrons. The summed E-state index contributed by atoms with van der Waals surface area (Å²) in [7, 11) is 0. The van der Waals surface area contributed by atoms with Crippen LogP contribution in [0.5, 0.6) is 0 Å². The highest BCUT2D eigenvalue weighted by molar-refractivity contribution is 6.01. The molecule has 0 atom stereocenters. The van der Waals surface area contributed by atoms with Crippen LogP contribution in [0.4, 0.5) is 0 Å². The summed E-state index contributed by atoms with van der Waals surface area (Å²) in [5.74, 6) is -1.97. The van der Waals surface area contributed by atoms with Crippen molar-refractivity contribution in [1.29, 1.82) is 0 Å². The summed E-state index contributed by atoms with van der Waals surface area (Å²) in [6, 6.07) is 0. The van der Waals surface area contributed by atoms with Crippen LogP contribution in [0.15, 0.2) is 0 Å². The van der Waals surface area contributed by atoms with E-state index in [1.807, 2.05) is 6.92 Å². The van der Waals surface area contributed by atoms with Gasteiger partial charge in [0, 0.05) is 6.42 Å². The van der Waals surface area contributed by atoms with Gasteiger partial charge >= 0.3 is 11.9 Å². The van der Waals surface area contributed by atoms with E-state index in [2.05, 4.69) is 0 Å². The topological polar surface area (TPSA) is 91.7 Å². The van der Waals surface area contributed by atoms with Crippen molar-refractivity contribution in [3.05, 3.63) is 0 Å². The molecule has 0 fully saturated rings. The Morgan fingerprint density at radius 3 is 1.39 bits per heavy atom. The summed E-state index contributed by atoms with van der Waals surface area (Å²) in [5, 5.41) is 16.7. The molecular formula is C12H25AlO5. The molecule has 0 amide bonds. The molecule has 0 saturated carbocycles. The standard InChI is InChI=1S/C8H14O3.C4H8O2.Al.3H/c1-4-8(5-2,6(3)9)7(10)11;1-2-3-4(5)6;;;;/h4-5H2,1-3H3,(H,10,11);2-3H2,1H3,(H,5,6);;;;. The lowest BCUT2D eigenvalue weighted by molar-refractivity contribution is -0.154. The highest BCUT2D eigenvalue weighted by Gasteiger charge is 2.39. The Hall–Kier alpha value is -0.858. The van der Waals surface area contributed by atoms with Gasteiger partial charge in [-0.1, -0.05) is 20.8 Å². The van der Waals surface area contributed by atoms with Gasteiger partial charge in [0.25, 0.3) is 0 Å². The highest BCUT2D eigenvalue weighted by atomic mass is 27.0. The summed E-state index contributed by atoms with van der Waals surface area (Å²) in [6.45, 7) is 6.62. The van der Waals surface area contributed by atoms with E-state index in [0.717, 1.165) is 6.42 Å². The lowest BCUT2D eigenvalue weighted by Gasteiger charge is -2.22. The van der Waals surface area contributed by atoms with E-state index >= 15 is 0 Å². The lowest BCUT2D eigenvalue weighted by Crippen LogP contribution is -2.36. The van der Waals surface area contributed by atoms with Gasteiger partial charge in [0.1, 0.15) is 11.2 Å². The van der Waals surface area contributed by atoms with Gasteiger partial charge < -0.3 is 10.2 Å². The maximum atomic E-state index is 11.0. The zero-order chi connectivity index (χ0) is 14.1. The van der Waals surface area contributed by atoms with Crippen LogP contribution in [-0.4, -0.2) is 45.3 Å². The van der Waals surface area contributed by atoms with Crippen LogP contribution in [-0.2, 0) is 14.4 Å². The quantitative estimate of drug-likeness (QED) is 0.561. The van der Waals surface area contributed by atoms with Crippen molar-refractivity contribution in [3.8, 4) is 0 Å². The molecule has 0 rings (SSSR count). The number of rotatable bonds is 6. The van der Waals surface area contributed by atoms with E-state index in [0.29, 0.717) is 19.3 Å². The molecular weight excluding hydrogens is 251 g/mol. The maximum absolute atomic E-state index is 11.0. The molecule has 0 aliphatic carbocycles. The molecule has 0 aliphatic heterocycles. The number of ketones is 1. The van der Waals surface area contributed by atoms with Gasteiger partial charge in [0.2, 0.25) is 0 Å². The van der Waals surface area contributed by atoms with Crippen molar-refractivity contribution in [1.82, 2.24) is 0 Å². The second-order valence-corrected chi connectivity index (χ2v) is 3.79. The predicted molar refractivity (Wildman–Crippen MR) is 73.8 cm³/mol. The van der Waals surface area contributed by atoms with E-state index in [9.17, 15) is 14.4 Å². The predicted octanol–water partition coefficient (Wildman–Crippen LogP) is 1.15. The molecule has 106 valence electrons. The molecule has 0 saturated heterocycles. The van der Waals surface area contributed by atoms with E-state index < -0.39 is 17.4 Å². The number of hydrogen-bond acceptors (Lipinski definition) is 3. The Labute approximate surface area is 119 Å². The molecule has 0 bridgehead atoms. The minimum atomic E-state index is -1.14. The first-order valence-corrected chi connectivity index (χ1v) is 5.74. The Morgan fingerprint density at radius 2 is 1.39 bits per heavy atom. The van der Waals surface area contributed by atoms with Gasteiger partial charge in [-0.05, 0) is 26.2 Å². The molecule has 0 aliphatic rings. The van der Waals surface area contributed by atoms with Gasteiger partial charge in [-0.3, -0.25) is 14.4 Å². The normalized spacial score (nSPS) is 9.56. The molecule has 5 nitrogen and oxygen atoms in total. The molecule has 0 unspecified atom stereocenters. The number of carbonyl (C=O) groups is 3. The number of Topliss-reactive ketones (excluding diaryl/α,β-unsaturated/α-hetero) is 1. The van der Waals surface area contributed by atoms with E-state index in [1.165, 1.54) is 6.92 Å². The Bertz CT molecular complexity index is 256. The fraction of sp³-hybridized carbons (Fsp3) is 0.750. The van der Waals surface area contributed by atoms with Gasteiger partial charge in [0.15, 0.2) is 17.4 Å². The molecule has 0 aromatic heterocycles. The van der Waals surface area contributed by atoms with E-state index in [1.54, 1.807) is 13.8 Å². The maximum Gasteiger partial charge on any atom is 0.317 e. The van der Waals surface area contributed by atoms with Gasteiger partial charge in [-0.2, -0.15) is 0 Å². The van der Waals surface area contributed by atoms with Crippen LogP contribution in [0.1, 0.15) is 53.4 Å². The Morgan fingerprint density at radius 1 is 1.00 bits per heavy atom. The minimum Gasteiger partial charge on any atom is -0.481 e. The van der Waals surface area contributed by atoms with Gasteiger partial charge in [-0.15, -0.1) is 0 Å². The minimum absolute atomic E-state index is 0. The fourth-order valence-electron chi connectivity index (χ4n) is 1.41. The number of carboxylic acid groups (broad SMARTS) is 2. The smallest absolute Gasteiger partial charge is 0.317 e. The van der Waals surface area contributed by atoms with Crippen LogP contribution in [0.25, 0.3) is 0 Å². The summed E-state index contributed by atoms with van der Waals surface area (Å²) < 4.78 is 0. The Kier molecular flexibility index (Phi) is 14.0. The molecule has 6 heteroatoms. The second-order valence-electron chi connectivity index (χ2n) is 3.79. The van der Waals surface area contributed by atoms with Crippen LogP contribution in [0, 0.1) is 5.41 Å². The van der Waals surface area contributed by atoms with Gasteiger partial charge in [0.05, 0.1) is 0 Å². The van der Waals surface area contributed by atoms with E-state index in [4.69, 9.17) is 10.2 Å². The molecule has 0 spiro atoms. The SMILES string of the molecule is CCC(CC)(C(C)=O)C(=O)O.CCCC(=O)O.[AlH3]. The van der Waals surface area contributed by atoms with Crippen molar-refractivity contribution in [2.24, 2.45) is 5.41 Å². The largest absolute Gasteiger partial charge is 0.481 e. The molecule has 2 N–H and O–H groups in total. The first-order chi connectivity index (χ1) is 7.78. The van der Waals surface area contributed by atoms with Crippen molar-refractivity contribution >= 4 is 35.1 Å². The summed E-state index contributed by atoms with van der Waals surface area (Å²) >= 11 is 0. The zero-order valence-electron chi connectivity index (χ0n) is 10.9. The van der Waals surface area contributed by atoms with E-state index in [-0.39, 0.29) is 23.1 Å². The van der Waals surface area contributed by atoms with Crippen LogP contribution >= 0.6 is 0 Å². The lowest BCUT2D eigenvalue weighted by atomic mass is 9.79. The number of carboxylic acids is 2. The van der Waals surface area contributed by atoms with Crippen molar-refractivity contribution < 1.29 is 24.6 Å². The fourth-order valence-corrected chi connectivity index (χ4v) is 1.41. The first kappa shape index (κ1) is 22.3. The highest BCUT2D eigenvalue weighted by Crippen LogP contribution is 2.27. The van der Waals surface area contributed by atoms with Crippen molar-refractivity contribution in [2.75, 3.05) is 0 Å². The third-order valence-corrected chi connectivity index (χ3v) is 2.75. The summed E-state index contributed by atoms with van der Waals surface area (Å²) in [4.78, 5) is 31.3. The average molecular weight is 276 g/mol. The average Bonchev–Trinajstić information content (AvgIpc) is 2.19. The number of aliphatic carboxylic acids is 2. The van der Waals surface area contributed by atoms with Crippen LogP contribution in [0.2, 0.25) is 0 Å². The summed E-state index contributed by atoms with van der Waals surface area (Å²) in [5.41, 5.74) is -1.14. The van der Waals surface area contributed by atoms with Crippen molar-refractivity contribution in [2.45, 2.75) is 53.4 Å². The molecule has 18 heavy (non-hydrogen) atoms. The van der Waals surface area contributed by atoms with Crippen LogP contribution in [0.3, 0.4) is 0 Å². The first-order valence-electron chi connectivity index (χ1n) is 5.74. The molecule has 0 heterocycles. The number of carbonyl (C=O) groups excluding carboxylic acids is 1. The molecule has 0 aromatic carbocycles. The Balaban J connectivity index is -0.000000277.